The molecule has 0 spiro atoms. The SMILES string of the molecule is CC1CN(Cc2ccccc2)CCC1N(C)CCCCCO. The first-order valence-corrected chi connectivity index (χ1v) is 8.78. The molecular formula is C19H32N2O. The Morgan fingerprint density at radius 1 is 1.18 bits per heavy atom. The molecule has 3 nitrogen and oxygen atoms in total. The summed E-state index contributed by atoms with van der Waals surface area (Å²) in [5.74, 6) is 0.723. The maximum atomic E-state index is 8.85. The van der Waals surface area contributed by atoms with Crippen LogP contribution in [0.4, 0.5) is 0 Å². The molecule has 0 amide bonds. The van der Waals surface area contributed by atoms with Gasteiger partial charge in [0.05, 0.1) is 0 Å². The molecule has 1 aliphatic heterocycles. The zero-order valence-electron chi connectivity index (χ0n) is 14.2. The van der Waals surface area contributed by atoms with Gasteiger partial charge in [-0.25, -0.2) is 0 Å². The van der Waals surface area contributed by atoms with Gasteiger partial charge in [-0.05, 0) is 57.3 Å². The van der Waals surface area contributed by atoms with E-state index >= 15 is 0 Å². The largest absolute Gasteiger partial charge is 0.396 e. The molecule has 3 heteroatoms. The van der Waals surface area contributed by atoms with Crippen LogP contribution in [0.5, 0.6) is 0 Å². The summed E-state index contributed by atoms with van der Waals surface area (Å²) in [6.07, 6.45) is 4.56. The fraction of sp³-hybridized carbons (Fsp3) is 0.684. The molecule has 2 atom stereocenters. The van der Waals surface area contributed by atoms with E-state index in [1.165, 1.54) is 31.5 Å². The molecule has 0 radical (unpaired) electrons. The number of unbranched alkanes of at least 4 members (excludes halogenated alkanes) is 2. The average molecular weight is 304 g/mol. The number of nitrogens with zero attached hydrogens (tertiary/aromatic N) is 2. The summed E-state index contributed by atoms with van der Waals surface area (Å²) < 4.78 is 0. The van der Waals surface area contributed by atoms with Crippen molar-refractivity contribution in [2.24, 2.45) is 5.92 Å². The molecular weight excluding hydrogens is 272 g/mol. The Hall–Kier alpha value is -0.900. The molecule has 0 aliphatic carbocycles. The van der Waals surface area contributed by atoms with Crippen LogP contribution >= 0.6 is 0 Å². The van der Waals surface area contributed by atoms with Crippen molar-refractivity contribution < 1.29 is 5.11 Å². The molecule has 1 aromatic carbocycles. The van der Waals surface area contributed by atoms with Gasteiger partial charge in [-0.1, -0.05) is 37.3 Å². The maximum absolute atomic E-state index is 8.85. The van der Waals surface area contributed by atoms with Gasteiger partial charge in [0.1, 0.15) is 0 Å². The Bertz CT molecular complexity index is 409. The molecule has 0 saturated carbocycles. The number of hydrogen-bond donors (Lipinski definition) is 1. The predicted molar refractivity (Wildman–Crippen MR) is 92.9 cm³/mol. The second-order valence-electron chi connectivity index (χ2n) is 6.82. The summed E-state index contributed by atoms with van der Waals surface area (Å²) >= 11 is 0. The first-order valence-electron chi connectivity index (χ1n) is 8.78. The van der Waals surface area contributed by atoms with Crippen molar-refractivity contribution >= 4 is 0 Å². The van der Waals surface area contributed by atoms with Crippen LogP contribution in [0.15, 0.2) is 30.3 Å². The van der Waals surface area contributed by atoms with Crippen LogP contribution in [0.3, 0.4) is 0 Å². The minimum absolute atomic E-state index is 0.331. The molecule has 1 aromatic rings. The fourth-order valence-electron chi connectivity index (χ4n) is 3.68. The molecule has 1 heterocycles. The van der Waals surface area contributed by atoms with Crippen molar-refractivity contribution in [3.05, 3.63) is 35.9 Å². The van der Waals surface area contributed by atoms with E-state index < -0.39 is 0 Å². The first kappa shape index (κ1) is 17.5. The standard InChI is InChI=1S/C19H32N2O/c1-17-15-21(16-18-9-5-3-6-10-18)13-11-19(17)20(2)12-7-4-8-14-22/h3,5-6,9-10,17,19,22H,4,7-8,11-16H2,1-2H3. The highest BCUT2D eigenvalue weighted by atomic mass is 16.2. The van der Waals surface area contributed by atoms with Gasteiger partial charge in [0, 0.05) is 25.7 Å². The van der Waals surface area contributed by atoms with E-state index in [0.29, 0.717) is 12.6 Å². The van der Waals surface area contributed by atoms with Crippen molar-refractivity contribution in [2.45, 2.75) is 45.2 Å². The normalized spacial score (nSPS) is 23.1. The smallest absolute Gasteiger partial charge is 0.0431 e. The summed E-state index contributed by atoms with van der Waals surface area (Å²) in [6.45, 7) is 7.36. The van der Waals surface area contributed by atoms with Crippen LogP contribution in [-0.4, -0.2) is 54.2 Å². The lowest BCUT2D eigenvalue weighted by molar-refractivity contribution is 0.0747. The van der Waals surface area contributed by atoms with Crippen LogP contribution in [0.2, 0.25) is 0 Å². The van der Waals surface area contributed by atoms with Crippen LogP contribution < -0.4 is 0 Å². The number of likely N-dealkylation sites (tertiary alicyclic amines) is 1. The van der Waals surface area contributed by atoms with Crippen molar-refractivity contribution in [1.29, 1.82) is 0 Å². The number of aliphatic hydroxyl groups is 1. The van der Waals surface area contributed by atoms with E-state index in [-0.39, 0.29) is 0 Å². The topological polar surface area (TPSA) is 26.7 Å². The molecule has 0 aromatic heterocycles. The second-order valence-corrected chi connectivity index (χ2v) is 6.82. The Kier molecular flexibility index (Phi) is 7.37. The molecule has 2 unspecified atom stereocenters. The molecule has 1 N–H and O–H groups in total. The molecule has 22 heavy (non-hydrogen) atoms. The third kappa shape index (κ3) is 5.38. The molecule has 124 valence electrons. The number of benzene rings is 1. The zero-order chi connectivity index (χ0) is 15.8. The monoisotopic (exact) mass is 304 g/mol. The van der Waals surface area contributed by atoms with Crippen LogP contribution in [-0.2, 0) is 6.54 Å². The lowest BCUT2D eigenvalue weighted by Gasteiger charge is -2.41. The molecule has 0 bridgehead atoms. The van der Waals surface area contributed by atoms with Crippen LogP contribution in [0.25, 0.3) is 0 Å². The third-order valence-corrected chi connectivity index (χ3v) is 4.93. The van der Waals surface area contributed by atoms with Gasteiger partial charge >= 0.3 is 0 Å². The Balaban J connectivity index is 1.74. The number of rotatable bonds is 8. The first-order chi connectivity index (χ1) is 10.7. The van der Waals surface area contributed by atoms with Gasteiger partial charge in [0.15, 0.2) is 0 Å². The van der Waals surface area contributed by atoms with E-state index in [1.807, 2.05) is 0 Å². The molecule has 1 aliphatic rings. The average Bonchev–Trinajstić information content (AvgIpc) is 2.52. The van der Waals surface area contributed by atoms with Crippen molar-refractivity contribution in [3.8, 4) is 0 Å². The minimum Gasteiger partial charge on any atom is -0.396 e. The van der Waals surface area contributed by atoms with Gasteiger partial charge < -0.3 is 10.0 Å². The summed E-state index contributed by atoms with van der Waals surface area (Å²) in [5, 5.41) is 8.85. The molecule has 1 fully saturated rings. The Morgan fingerprint density at radius 3 is 2.64 bits per heavy atom. The summed E-state index contributed by atoms with van der Waals surface area (Å²) in [7, 11) is 2.27. The fourth-order valence-corrected chi connectivity index (χ4v) is 3.68. The van der Waals surface area contributed by atoms with Gasteiger partial charge in [-0.15, -0.1) is 0 Å². The quantitative estimate of drug-likeness (QED) is 0.748. The highest BCUT2D eigenvalue weighted by molar-refractivity contribution is 5.14. The van der Waals surface area contributed by atoms with Crippen molar-refractivity contribution in [3.63, 3.8) is 0 Å². The summed E-state index contributed by atoms with van der Waals surface area (Å²) in [6, 6.07) is 11.5. The minimum atomic E-state index is 0.331. The van der Waals surface area contributed by atoms with E-state index in [2.05, 4.69) is 54.1 Å². The van der Waals surface area contributed by atoms with E-state index in [4.69, 9.17) is 5.11 Å². The summed E-state index contributed by atoms with van der Waals surface area (Å²) in [4.78, 5) is 5.14. The predicted octanol–water partition coefficient (Wildman–Crippen LogP) is 2.99. The second kappa shape index (κ2) is 9.29. The van der Waals surface area contributed by atoms with Gasteiger partial charge in [0.25, 0.3) is 0 Å². The van der Waals surface area contributed by atoms with E-state index in [1.54, 1.807) is 0 Å². The lowest BCUT2D eigenvalue weighted by Crippen LogP contribution is -2.48. The number of aliphatic hydroxyl groups excluding tert-OH is 1. The Labute approximate surface area is 135 Å². The van der Waals surface area contributed by atoms with Crippen LogP contribution in [0, 0.1) is 5.92 Å². The van der Waals surface area contributed by atoms with E-state index in [9.17, 15) is 0 Å². The van der Waals surface area contributed by atoms with Crippen molar-refractivity contribution in [1.82, 2.24) is 9.80 Å². The number of piperidine rings is 1. The lowest BCUT2D eigenvalue weighted by atomic mass is 9.92. The molecule has 1 saturated heterocycles. The summed E-state index contributed by atoms with van der Waals surface area (Å²) in [5.41, 5.74) is 1.42. The zero-order valence-corrected chi connectivity index (χ0v) is 14.2. The third-order valence-electron chi connectivity index (χ3n) is 4.93. The van der Waals surface area contributed by atoms with E-state index in [0.717, 1.165) is 31.8 Å². The maximum Gasteiger partial charge on any atom is 0.0431 e. The number of hydrogen-bond acceptors (Lipinski definition) is 3. The van der Waals surface area contributed by atoms with Gasteiger partial charge in [-0.3, -0.25) is 4.90 Å². The van der Waals surface area contributed by atoms with Gasteiger partial charge in [-0.2, -0.15) is 0 Å². The van der Waals surface area contributed by atoms with Gasteiger partial charge in [0.2, 0.25) is 0 Å². The Morgan fingerprint density at radius 2 is 1.95 bits per heavy atom. The van der Waals surface area contributed by atoms with Crippen LogP contribution in [0.1, 0.15) is 38.2 Å². The van der Waals surface area contributed by atoms with Crippen molar-refractivity contribution in [2.75, 3.05) is 33.3 Å². The highest BCUT2D eigenvalue weighted by Gasteiger charge is 2.28. The molecule has 2 rings (SSSR count). The highest BCUT2D eigenvalue weighted by Crippen LogP contribution is 2.23.